The molecule has 1 heterocycles. The summed E-state index contributed by atoms with van der Waals surface area (Å²) < 4.78 is 0. The first-order chi connectivity index (χ1) is 12.8. The maximum Gasteiger partial charge on any atom is 0.357 e. The number of nitrogens with zero attached hydrogens (tertiary/aromatic N) is 3. The van der Waals surface area contributed by atoms with E-state index >= 15 is 0 Å². The van der Waals surface area contributed by atoms with Crippen LogP contribution in [0.3, 0.4) is 0 Å². The zero-order chi connectivity index (χ0) is 20.1. The third-order valence-corrected chi connectivity index (χ3v) is 3.87. The molecule has 142 valence electrons. The second-order valence-electron chi connectivity index (χ2n) is 5.44. The van der Waals surface area contributed by atoms with E-state index in [4.69, 9.17) is 0 Å². The van der Waals surface area contributed by atoms with Crippen molar-refractivity contribution in [2.45, 2.75) is 13.8 Å². The Morgan fingerprint density at radius 3 is 2.26 bits per heavy atom. The lowest BCUT2D eigenvalue weighted by Crippen LogP contribution is -2.25. The Morgan fingerprint density at radius 1 is 1.04 bits per heavy atom. The number of aromatic nitrogens is 2. The number of nitro benzene ring substituents is 1. The van der Waals surface area contributed by atoms with Crippen molar-refractivity contribution in [2.75, 3.05) is 18.0 Å². The minimum absolute atomic E-state index is 0.116. The highest BCUT2D eigenvalue weighted by atomic mass is 16.6. The molecule has 0 amide bonds. The van der Waals surface area contributed by atoms with Crippen molar-refractivity contribution in [1.82, 2.24) is 9.97 Å². The predicted molar refractivity (Wildman–Crippen MR) is 99.9 cm³/mol. The van der Waals surface area contributed by atoms with Crippen LogP contribution in [-0.2, 0) is 0 Å². The van der Waals surface area contributed by atoms with Crippen molar-refractivity contribution in [3.8, 4) is 0 Å². The molecule has 2 rings (SSSR count). The van der Waals surface area contributed by atoms with Gasteiger partial charge in [0, 0.05) is 19.2 Å². The molecule has 0 aliphatic rings. The van der Waals surface area contributed by atoms with Crippen LogP contribution in [0.4, 0.5) is 17.1 Å². The van der Waals surface area contributed by atoms with Crippen molar-refractivity contribution in [3.05, 3.63) is 70.5 Å². The van der Waals surface area contributed by atoms with E-state index in [-0.39, 0.29) is 11.4 Å². The topological polar surface area (TPSA) is 155 Å². The highest BCUT2D eigenvalue weighted by Crippen LogP contribution is 2.29. The van der Waals surface area contributed by atoms with Crippen molar-refractivity contribution in [2.24, 2.45) is 0 Å². The fourth-order valence-corrected chi connectivity index (χ4v) is 2.60. The van der Waals surface area contributed by atoms with Crippen LogP contribution >= 0.6 is 0 Å². The summed E-state index contributed by atoms with van der Waals surface area (Å²) in [5.41, 5.74) is -2.43. The second-order valence-corrected chi connectivity index (χ2v) is 5.44. The number of aromatic amines is 2. The van der Waals surface area contributed by atoms with Crippen molar-refractivity contribution in [3.63, 3.8) is 0 Å². The minimum Gasteiger partial charge on any atom is -0.367 e. The zero-order valence-corrected chi connectivity index (χ0v) is 14.6. The Balaban J connectivity index is 2.51. The number of rotatable bonds is 7. The Kier molecular flexibility index (Phi) is 5.85. The zero-order valence-electron chi connectivity index (χ0n) is 14.6. The summed E-state index contributed by atoms with van der Waals surface area (Å²) in [5.74, 6) is 0. The van der Waals surface area contributed by atoms with E-state index in [1.54, 1.807) is 17.1 Å². The molecule has 0 radical (unpaired) electrons. The Morgan fingerprint density at radius 2 is 1.70 bits per heavy atom. The smallest absolute Gasteiger partial charge is 0.357 e. The van der Waals surface area contributed by atoms with Gasteiger partial charge in [0.2, 0.25) is 0 Å². The van der Waals surface area contributed by atoms with Gasteiger partial charge in [0.05, 0.1) is 9.85 Å². The summed E-state index contributed by atoms with van der Waals surface area (Å²) >= 11 is 0. The monoisotopic (exact) mass is 375 g/mol. The Hall–Kier alpha value is -3.76. The van der Waals surface area contributed by atoms with Gasteiger partial charge in [-0.3, -0.25) is 30.0 Å². The molecule has 0 unspecified atom stereocenters. The van der Waals surface area contributed by atoms with Gasteiger partial charge in [-0.15, -0.1) is 0 Å². The van der Waals surface area contributed by atoms with Gasteiger partial charge in [-0.05, 0) is 31.6 Å². The van der Waals surface area contributed by atoms with Crippen LogP contribution in [0.5, 0.6) is 0 Å². The molecule has 0 saturated heterocycles. The molecule has 0 aliphatic heterocycles. The molecule has 0 spiro atoms. The summed E-state index contributed by atoms with van der Waals surface area (Å²) in [4.78, 5) is 49.7. The highest BCUT2D eigenvalue weighted by Gasteiger charge is 2.20. The fourth-order valence-electron chi connectivity index (χ4n) is 2.60. The van der Waals surface area contributed by atoms with Crippen LogP contribution in [0.25, 0.3) is 12.2 Å². The first-order valence-electron chi connectivity index (χ1n) is 8.00. The van der Waals surface area contributed by atoms with Gasteiger partial charge in [0.15, 0.2) is 0 Å². The van der Waals surface area contributed by atoms with Gasteiger partial charge >= 0.3 is 16.9 Å². The lowest BCUT2D eigenvalue weighted by Gasteiger charge is -2.20. The molecule has 11 nitrogen and oxygen atoms in total. The van der Waals surface area contributed by atoms with E-state index in [9.17, 15) is 29.8 Å². The minimum atomic E-state index is -1.13. The van der Waals surface area contributed by atoms with Gasteiger partial charge in [-0.25, -0.2) is 4.79 Å². The normalized spacial score (nSPS) is 10.9. The molecule has 27 heavy (non-hydrogen) atoms. The summed E-state index contributed by atoms with van der Waals surface area (Å²) in [5, 5.41) is 22.4. The Labute approximate surface area is 152 Å². The molecular weight excluding hydrogens is 358 g/mol. The quantitative estimate of drug-likeness (QED) is 0.553. The average Bonchev–Trinajstić information content (AvgIpc) is 2.60. The number of hydrogen-bond acceptors (Lipinski definition) is 7. The third kappa shape index (κ3) is 4.26. The molecule has 0 aliphatic carbocycles. The number of anilines is 1. The van der Waals surface area contributed by atoms with Crippen LogP contribution < -0.4 is 16.1 Å². The summed E-state index contributed by atoms with van der Waals surface area (Å²) in [7, 11) is 0. The van der Waals surface area contributed by atoms with E-state index in [1.807, 2.05) is 18.7 Å². The number of nitrogens with one attached hydrogen (secondary N) is 2. The van der Waals surface area contributed by atoms with Gasteiger partial charge in [-0.1, -0.05) is 12.1 Å². The van der Waals surface area contributed by atoms with E-state index in [0.717, 1.165) is 6.08 Å². The maximum atomic E-state index is 11.6. The van der Waals surface area contributed by atoms with E-state index in [1.165, 1.54) is 12.1 Å². The maximum absolute atomic E-state index is 11.6. The summed E-state index contributed by atoms with van der Waals surface area (Å²) in [6.07, 6.45) is 2.50. The van der Waals surface area contributed by atoms with Gasteiger partial charge < -0.3 is 9.88 Å². The van der Waals surface area contributed by atoms with E-state index in [2.05, 4.69) is 4.98 Å². The molecule has 2 aromatic rings. The van der Waals surface area contributed by atoms with Gasteiger partial charge in [-0.2, -0.15) is 0 Å². The molecule has 0 saturated carbocycles. The molecule has 0 bridgehead atoms. The second kappa shape index (κ2) is 8.08. The third-order valence-electron chi connectivity index (χ3n) is 3.87. The molecule has 11 heteroatoms. The van der Waals surface area contributed by atoms with Gasteiger partial charge in [0.25, 0.3) is 5.69 Å². The highest BCUT2D eigenvalue weighted by molar-refractivity contribution is 5.75. The molecular formula is C16H17N5O6. The van der Waals surface area contributed by atoms with Crippen LogP contribution in [0.1, 0.15) is 25.1 Å². The average molecular weight is 375 g/mol. The molecule has 2 N–H and O–H groups in total. The number of H-pyrrole nitrogens is 2. The first kappa shape index (κ1) is 19.6. The standard InChI is InChI=1S/C16H17N5O6/c1-3-19(4-2)12-8-6-10(9-13(12)20(24)25)5-7-11-14(21(26)27)15(22)18-16(23)17-11/h5-9H,3-4H2,1-2H3,(H2,17,18,22,23). The van der Waals surface area contributed by atoms with Crippen molar-refractivity contribution >= 4 is 29.2 Å². The predicted octanol–water partition coefficient (Wildman–Crippen LogP) is 1.90. The SMILES string of the molecule is CCN(CC)c1ccc(C=Cc2[nH]c(=O)[nH]c(=O)c2[N+](=O)[O-])cc1[N+](=O)[O-]. The number of nitro groups is 2. The molecule has 0 atom stereocenters. The molecule has 0 fully saturated rings. The Bertz CT molecular complexity index is 1020. The van der Waals surface area contributed by atoms with E-state index in [0.29, 0.717) is 24.3 Å². The molecule has 1 aromatic carbocycles. The lowest BCUT2D eigenvalue weighted by molar-refractivity contribution is -0.386. The lowest BCUT2D eigenvalue weighted by atomic mass is 10.1. The fraction of sp³-hybridized carbons (Fsp3) is 0.250. The van der Waals surface area contributed by atoms with Gasteiger partial charge in [0.1, 0.15) is 11.4 Å². The number of benzene rings is 1. The summed E-state index contributed by atoms with van der Waals surface area (Å²) in [6, 6.07) is 4.51. The van der Waals surface area contributed by atoms with Crippen LogP contribution in [0.15, 0.2) is 27.8 Å². The number of hydrogen-bond donors (Lipinski definition) is 2. The van der Waals surface area contributed by atoms with Crippen molar-refractivity contribution < 1.29 is 9.85 Å². The molecule has 1 aromatic heterocycles. The van der Waals surface area contributed by atoms with Crippen LogP contribution in [-0.4, -0.2) is 32.9 Å². The van der Waals surface area contributed by atoms with Crippen molar-refractivity contribution in [1.29, 1.82) is 0 Å². The summed E-state index contributed by atoms with van der Waals surface area (Å²) in [6.45, 7) is 4.94. The largest absolute Gasteiger partial charge is 0.367 e. The van der Waals surface area contributed by atoms with E-state index < -0.39 is 26.8 Å². The van der Waals surface area contributed by atoms with Crippen LogP contribution in [0.2, 0.25) is 0 Å². The van der Waals surface area contributed by atoms with Crippen LogP contribution in [0, 0.1) is 20.2 Å². The first-order valence-corrected chi connectivity index (χ1v) is 8.00.